The summed E-state index contributed by atoms with van der Waals surface area (Å²) >= 11 is 0. The van der Waals surface area contributed by atoms with Gasteiger partial charge in [-0.05, 0) is 170 Å². The van der Waals surface area contributed by atoms with Gasteiger partial charge in [0.1, 0.15) is 0 Å². The number of rotatable bonds is 15. The number of nitrogens with zero attached hydrogens (tertiary/aromatic N) is 2. The molecule has 364 valence electrons. The van der Waals surface area contributed by atoms with E-state index in [0.29, 0.717) is 0 Å². The average molecular weight is 975 g/mol. The molecule has 1 aliphatic rings. The summed E-state index contributed by atoms with van der Waals surface area (Å²) in [6, 6.07) is 94.7. The highest BCUT2D eigenvalue weighted by molar-refractivity contribution is 6.11. The summed E-state index contributed by atoms with van der Waals surface area (Å²) in [7, 11) is 0. The van der Waals surface area contributed by atoms with Crippen LogP contribution in [0.25, 0.3) is 83.8 Å². The van der Waals surface area contributed by atoms with Crippen molar-refractivity contribution in [3.8, 4) is 39.1 Å². The lowest BCUT2D eigenvalue weighted by Gasteiger charge is -2.34. The van der Waals surface area contributed by atoms with Gasteiger partial charge in [0.2, 0.25) is 0 Å². The van der Waals surface area contributed by atoms with Crippen LogP contribution >= 0.6 is 0 Å². The van der Waals surface area contributed by atoms with Gasteiger partial charge in [0.05, 0.1) is 11.0 Å². The van der Waals surface area contributed by atoms with Gasteiger partial charge >= 0.3 is 0 Å². The highest BCUT2D eigenvalue weighted by Crippen LogP contribution is 2.56. The molecule has 0 amide bonds. The van der Waals surface area contributed by atoms with Crippen molar-refractivity contribution in [1.82, 2.24) is 4.57 Å². The van der Waals surface area contributed by atoms with Crippen LogP contribution in [0.5, 0.6) is 0 Å². The van der Waals surface area contributed by atoms with E-state index in [1.54, 1.807) is 0 Å². The van der Waals surface area contributed by atoms with Gasteiger partial charge in [-0.1, -0.05) is 220 Å². The Morgan fingerprint density at radius 1 is 0.395 bits per heavy atom. The first-order chi connectivity index (χ1) is 37.6. The predicted octanol–water partition coefficient (Wildman–Crippen LogP) is 20.1. The van der Waals surface area contributed by atoms with Crippen LogP contribution in [-0.4, -0.2) is 4.57 Å². The third-order valence-corrected chi connectivity index (χ3v) is 16.1. The molecule has 13 rings (SSSR count). The zero-order valence-electron chi connectivity index (χ0n) is 42.7. The summed E-state index contributed by atoms with van der Waals surface area (Å²) in [6.45, 7) is 7.92. The number of unbranched alkanes of at least 4 members (excludes halogenated alkanes) is 2. The van der Waals surface area contributed by atoms with E-state index >= 15 is 0 Å². The molecule has 1 unspecified atom stereocenters. The first-order valence-corrected chi connectivity index (χ1v) is 26.8. The fraction of sp³-hybridized carbons (Fsp3) is 0.0811. The van der Waals surface area contributed by atoms with Gasteiger partial charge in [-0.15, -0.1) is 0 Å². The molecule has 1 aliphatic carbocycles. The van der Waals surface area contributed by atoms with Gasteiger partial charge in [-0.25, -0.2) is 0 Å². The third kappa shape index (κ3) is 8.33. The van der Waals surface area contributed by atoms with E-state index in [0.717, 1.165) is 60.4 Å². The molecule has 0 fully saturated rings. The molecule has 0 N–H and O–H groups in total. The van der Waals surface area contributed by atoms with Crippen molar-refractivity contribution in [2.45, 2.75) is 37.5 Å². The van der Waals surface area contributed by atoms with E-state index < -0.39 is 0 Å². The third-order valence-electron chi connectivity index (χ3n) is 16.1. The van der Waals surface area contributed by atoms with E-state index in [-0.39, 0.29) is 5.41 Å². The van der Waals surface area contributed by atoms with Gasteiger partial charge in [-0.3, -0.25) is 0 Å². The Bertz CT molecular complexity index is 4090. The molecule has 0 saturated heterocycles. The minimum absolute atomic E-state index is 0.313. The van der Waals surface area contributed by atoms with E-state index in [4.69, 9.17) is 0 Å². The molecule has 11 aromatic carbocycles. The van der Waals surface area contributed by atoms with Crippen LogP contribution in [-0.2, 0) is 11.8 Å². The average Bonchev–Trinajstić information content (AvgIpc) is 4.07. The largest absolute Gasteiger partial charge is 0.310 e. The predicted molar refractivity (Wildman–Crippen MR) is 324 cm³/mol. The van der Waals surface area contributed by atoms with Crippen molar-refractivity contribution >= 4 is 61.8 Å². The number of aryl methyl sites for hydroxylation is 1. The van der Waals surface area contributed by atoms with Crippen LogP contribution in [0.4, 0.5) is 17.1 Å². The molecule has 76 heavy (non-hydrogen) atoms. The molecule has 0 aliphatic heterocycles. The fourth-order valence-electron chi connectivity index (χ4n) is 12.3. The maximum absolute atomic E-state index is 3.97. The molecule has 0 radical (unpaired) electrons. The molecule has 12 aromatic rings. The molecular formula is C74H58N2. The molecule has 2 heteroatoms. The van der Waals surface area contributed by atoms with Crippen LogP contribution in [0, 0.1) is 0 Å². The van der Waals surface area contributed by atoms with E-state index in [1.807, 2.05) is 12.2 Å². The minimum atomic E-state index is -0.313. The lowest BCUT2D eigenvalue weighted by Crippen LogP contribution is -2.27. The maximum atomic E-state index is 3.97. The quantitative estimate of drug-likeness (QED) is 0.0930. The number of aromatic nitrogens is 1. The van der Waals surface area contributed by atoms with Gasteiger partial charge in [-0.2, -0.15) is 0 Å². The Kier molecular flexibility index (Phi) is 12.2. The van der Waals surface area contributed by atoms with E-state index in [1.165, 1.54) is 93.8 Å². The van der Waals surface area contributed by atoms with Gasteiger partial charge in [0, 0.05) is 38.9 Å². The lowest BCUT2D eigenvalue weighted by atomic mass is 9.69. The van der Waals surface area contributed by atoms with Crippen LogP contribution < -0.4 is 4.90 Å². The first kappa shape index (κ1) is 46.5. The summed E-state index contributed by atoms with van der Waals surface area (Å²) in [5, 5.41) is 4.89. The van der Waals surface area contributed by atoms with Crippen LogP contribution in [0.2, 0.25) is 0 Å². The summed E-state index contributed by atoms with van der Waals surface area (Å²) in [5.74, 6) is 0. The molecular weight excluding hydrogens is 917 g/mol. The number of hydrogen-bond donors (Lipinski definition) is 0. The number of para-hydroxylation sites is 1. The minimum Gasteiger partial charge on any atom is -0.310 e. The second-order valence-corrected chi connectivity index (χ2v) is 20.4. The summed E-state index contributed by atoms with van der Waals surface area (Å²) in [5.41, 5.74) is 21.8. The van der Waals surface area contributed by atoms with E-state index in [2.05, 4.69) is 277 Å². The zero-order chi connectivity index (χ0) is 51.0. The van der Waals surface area contributed by atoms with Crippen LogP contribution in [0.1, 0.15) is 59.1 Å². The second-order valence-electron chi connectivity index (χ2n) is 20.4. The molecule has 0 spiro atoms. The monoisotopic (exact) mass is 974 g/mol. The number of anilines is 3. The number of fused-ring (bicyclic) bond motifs is 7. The molecule has 1 atom stereocenters. The van der Waals surface area contributed by atoms with Crippen molar-refractivity contribution in [1.29, 1.82) is 0 Å². The first-order valence-electron chi connectivity index (χ1n) is 26.8. The highest BCUT2D eigenvalue weighted by atomic mass is 15.1. The van der Waals surface area contributed by atoms with Crippen molar-refractivity contribution in [2.24, 2.45) is 0 Å². The Morgan fingerprint density at radius 2 is 0.934 bits per heavy atom. The van der Waals surface area contributed by atoms with Gasteiger partial charge in [0.15, 0.2) is 0 Å². The Balaban J connectivity index is 0.903. The van der Waals surface area contributed by atoms with Crippen molar-refractivity contribution in [3.63, 3.8) is 0 Å². The molecule has 1 heterocycles. The fourth-order valence-corrected chi connectivity index (χ4v) is 12.3. The maximum Gasteiger partial charge on any atom is 0.0541 e. The lowest BCUT2D eigenvalue weighted by molar-refractivity contribution is 0.518. The molecule has 1 aromatic heterocycles. The molecule has 2 nitrogen and oxygen atoms in total. The van der Waals surface area contributed by atoms with Gasteiger partial charge < -0.3 is 9.47 Å². The standard InChI is InChI=1S/C74H58N2/c1-3-52-27-29-54(30-28-52)18-8-7-17-47-74(61-21-9-5-10-22-61)70-26-16-15-25-66(70)67-44-43-65(51-71(67)74)75(64-42-37-55-19-13-14-20-58(55)48-64)63-40-35-57(36-41-63)60-39-46-73-69(50-60)68-49-59(56-33-31-53(4-2)32-34-56)38-45-72(68)76(73)62-23-11-6-12-24-62/h3-6,9-16,19-46,48-51H,1-2,7-8,17-18,47H2. The summed E-state index contributed by atoms with van der Waals surface area (Å²) in [6.07, 6.45) is 9.32. The summed E-state index contributed by atoms with van der Waals surface area (Å²) < 4.78 is 2.40. The second kappa shape index (κ2) is 19.9. The molecule has 0 bridgehead atoms. The number of benzene rings is 11. The normalized spacial score (nSPS) is 13.7. The topological polar surface area (TPSA) is 8.17 Å². The highest BCUT2D eigenvalue weighted by Gasteiger charge is 2.44. The SMILES string of the molecule is C=Cc1ccc(CCCCCC2(c3ccccc3)c3ccccc3-c3ccc(N(c4ccc(-c5ccc6c(c5)c5cc(-c7ccc(C=C)cc7)ccc5n6-c5ccccc5)cc4)c4ccc5ccccc5c4)cc32)cc1. The molecule has 0 saturated carbocycles. The zero-order valence-corrected chi connectivity index (χ0v) is 42.7. The smallest absolute Gasteiger partial charge is 0.0541 e. The van der Waals surface area contributed by atoms with Crippen LogP contribution in [0.15, 0.2) is 268 Å². The van der Waals surface area contributed by atoms with E-state index in [9.17, 15) is 0 Å². The van der Waals surface area contributed by atoms with Crippen molar-refractivity contribution in [3.05, 3.63) is 301 Å². The van der Waals surface area contributed by atoms with Crippen LogP contribution in [0.3, 0.4) is 0 Å². The summed E-state index contributed by atoms with van der Waals surface area (Å²) in [4.78, 5) is 2.46. The Labute approximate surface area is 446 Å². The van der Waals surface area contributed by atoms with Crippen molar-refractivity contribution in [2.75, 3.05) is 4.90 Å². The Hall–Kier alpha value is -9.24. The Morgan fingerprint density at radius 3 is 1.62 bits per heavy atom. The van der Waals surface area contributed by atoms with Gasteiger partial charge in [0.25, 0.3) is 0 Å². The number of hydrogen-bond acceptors (Lipinski definition) is 1. The van der Waals surface area contributed by atoms with Crippen molar-refractivity contribution < 1.29 is 0 Å².